The number of carbonyl (C=O) groups is 2. The Morgan fingerprint density at radius 3 is 2.69 bits per heavy atom. The second-order valence-corrected chi connectivity index (χ2v) is 10.2. The first-order valence-corrected chi connectivity index (χ1v) is 13.0. The molecule has 1 aromatic heterocycles. The van der Waals surface area contributed by atoms with Gasteiger partial charge in [0.05, 0.1) is 34.8 Å². The molecular weight excluding hydrogens is 482 g/mol. The minimum atomic E-state index is -0.482. The van der Waals surface area contributed by atoms with Crippen molar-refractivity contribution in [2.45, 2.75) is 26.3 Å². The molecule has 2 aliphatic heterocycles. The van der Waals surface area contributed by atoms with E-state index in [0.717, 1.165) is 23.7 Å². The highest BCUT2D eigenvalue weighted by Crippen LogP contribution is 2.35. The fourth-order valence-electron chi connectivity index (χ4n) is 4.39. The molecule has 0 radical (unpaired) electrons. The smallest absolute Gasteiger partial charge is 0.269 e. The van der Waals surface area contributed by atoms with Gasteiger partial charge >= 0.3 is 0 Å². The number of hydrogen-bond acceptors (Lipinski definition) is 8. The van der Waals surface area contributed by atoms with Gasteiger partial charge in [-0.15, -0.1) is 11.3 Å². The van der Waals surface area contributed by atoms with Crippen LogP contribution in [0.15, 0.2) is 46.9 Å². The number of hydrazone groups is 1. The molecule has 1 aromatic carbocycles. The van der Waals surface area contributed by atoms with Crippen LogP contribution in [0.2, 0.25) is 0 Å². The molecule has 4 rings (SSSR count). The van der Waals surface area contributed by atoms with Crippen molar-refractivity contribution in [3.8, 4) is 0 Å². The van der Waals surface area contributed by atoms with Gasteiger partial charge in [0.2, 0.25) is 5.91 Å². The van der Waals surface area contributed by atoms with E-state index in [-0.39, 0.29) is 30.0 Å². The number of nitro groups is 1. The fraction of sp³-hybridized carbons (Fsp3) is 0.480. The van der Waals surface area contributed by atoms with Gasteiger partial charge in [0, 0.05) is 50.7 Å². The molecule has 2 aromatic rings. The van der Waals surface area contributed by atoms with Crippen molar-refractivity contribution in [3.63, 3.8) is 0 Å². The number of benzene rings is 1. The van der Waals surface area contributed by atoms with Gasteiger partial charge in [0.1, 0.15) is 6.54 Å². The minimum Gasteiger partial charge on any atom is -0.379 e. The van der Waals surface area contributed by atoms with E-state index in [1.54, 1.807) is 17.0 Å². The third-order valence-corrected chi connectivity index (χ3v) is 7.28. The Labute approximate surface area is 214 Å². The molecule has 192 valence electrons. The summed E-state index contributed by atoms with van der Waals surface area (Å²) in [5.41, 5.74) is 1.36. The standard InChI is InChI=1S/C25H31N5O5S/c1-18(2)25(32)28(9-8-27-10-12-35-13-11-27)17-24(31)29-22(16-21(26-29)23-7-4-14-36-23)19-5-3-6-20(15-19)30(33)34/h3-7,14-15,18,22H,8-13,16-17H2,1-2H3/t22-/m1/s1. The predicted molar refractivity (Wildman–Crippen MR) is 137 cm³/mol. The molecule has 0 spiro atoms. The molecule has 0 saturated carbocycles. The van der Waals surface area contributed by atoms with Crippen molar-refractivity contribution in [2.24, 2.45) is 11.0 Å². The van der Waals surface area contributed by atoms with Crippen molar-refractivity contribution in [2.75, 3.05) is 45.9 Å². The molecule has 11 heteroatoms. The average molecular weight is 514 g/mol. The van der Waals surface area contributed by atoms with Crippen molar-refractivity contribution in [3.05, 3.63) is 62.3 Å². The first-order valence-electron chi connectivity index (χ1n) is 12.1. The van der Waals surface area contributed by atoms with Crippen LogP contribution in [0.25, 0.3) is 0 Å². The van der Waals surface area contributed by atoms with Gasteiger partial charge in [-0.3, -0.25) is 24.6 Å². The lowest BCUT2D eigenvalue weighted by atomic mass is 10.0. The van der Waals surface area contributed by atoms with Gasteiger partial charge in [-0.2, -0.15) is 5.10 Å². The summed E-state index contributed by atoms with van der Waals surface area (Å²) in [5, 5.41) is 19.4. The van der Waals surface area contributed by atoms with E-state index in [9.17, 15) is 19.7 Å². The SMILES string of the molecule is CC(C)C(=O)N(CCN1CCOCC1)CC(=O)N1N=C(c2cccs2)C[C@@H]1c1cccc([N+](=O)[O-])c1. The number of carbonyl (C=O) groups excluding carboxylic acids is 2. The van der Waals surface area contributed by atoms with Gasteiger partial charge in [0.25, 0.3) is 11.6 Å². The van der Waals surface area contributed by atoms with Crippen LogP contribution >= 0.6 is 11.3 Å². The second-order valence-electron chi connectivity index (χ2n) is 9.20. The molecule has 0 aliphatic carbocycles. The molecular formula is C25H31N5O5S. The Morgan fingerprint density at radius 2 is 2.03 bits per heavy atom. The van der Waals surface area contributed by atoms with E-state index >= 15 is 0 Å². The maximum absolute atomic E-state index is 13.6. The van der Waals surface area contributed by atoms with Gasteiger partial charge in [-0.05, 0) is 17.0 Å². The number of amides is 2. The number of rotatable bonds is 9. The van der Waals surface area contributed by atoms with Crippen LogP contribution in [0.1, 0.15) is 36.8 Å². The molecule has 0 bridgehead atoms. The van der Waals surface area contributed by atoms with E-state index in [1.807, 2.05) is 31.4 Å². The van der Waals surface area contributed by atoms with Crippen LogP contribution in [0, 0.1) is 16.0 Å². The fourth-order valence-corrected chi connectivity index (χ4v) is 5.11. The lowest BCUT2D eigenvalue weighted by Gasteiger charge is -2.31. The number of non-ortho nitro benzene ring substituents is 1. The molecule has 2 aliphatic rings. The van der Waals surface area contributed by atoms with Gasteiger partial charge in [-0.25, -0.2) is 5.01 Å². The van der Waals surface area contributed by atoms with Crippen molar-refractivity contribution in [1.82, 2.24) is 14.8 Å². The third kappa shape index (κ3) is 6.15. The van der Waals surface area contributed by atoms with E-state index < -0.39 is 11.0 Å². The number of ether oxygens (including phenoxy) is 1. The molecule has 36 heavy (non-hydrogen) atoms. The number of hydrogen-bond donors (Lipinski definition) is 0. The Balaban J connectivity index is 1.56. The quantitative estimate of drug-likeness (QED) is 0.377. The summed E-state index contributed by atoms with van der Waals surface area (Å²) in [5.74, 6) is -0.655. The van der Waals surface area contributed by atoms with Crippen molar-refractivity contribution in [1.29, 1.82) is 0 Å². The van der Waals surface area contributed by atoms with Gasteiger partial charge in [0.15, 0.2) is 0 Å². The average Bonchev–Trinajstić information content (AvgIpc) is 3.57. The molecule has 3 heterocycles. The molecule has 10 nitrogen and oxygen atoms in total. The first kappa shape index (κ1) is 25.9. The molecule has 1 atom stereocenters. The van der Waals surface area contributed by atoms with Gasteiger partial charge in [-0.1, -0.05) is 32.0 Å². The summed E-state index contributed by atoms with van der Waals surface area (Å²) in [4.78, 5) is 42.3. The second kappa shape index (κ2) is 11.7. The molecule has 1 fully saturated rings. The minimum absolute atomic E-state index is 0.0356. The highest BCUT2D eigenvalue weighted by atomic mass is 32.1. The highest BCUT2D eigenvalue weighted by molar-refractivity contribution is 7.12. The summed E-state index contributed by atoms with van der Waals surface area (Å²) in [7, 11) is 0. The summed E-state index contributed by atoms with van der Waals surface area (Å²) < 4.78 is 5.40. The van der Waals surface area contributed by atoms with Crippen LogP contribution in [0.3, 0.4) is 0 Å². The maximum Gasteiger partial charge on any atom is 0.269 e. The highest BCUT2D eigenvalue weighted by Gasteiger charge is 2.35. The molecule has 0 unspecified atom stereocenters. The topological polar surface area (TPSA) is 109 Å². The third-order valence-electron chi connectivity index (χ3n) is 6.36. The van der Waals surface area contributed by atoms with E-state index in [1.165, 1.54) is 28.5 Å². The molecule has 1 saturated heterocycles. The summed E-state index contributed by atoms with van der Waals surface area (Å²) in [6, 6.07) is 9.71. The molecule has 2 amide bonds. The number of nitrogens with zero attached hydrogens (tertiary/aromatic N) is 5. The van der Waals surface area contributed by atoms with Crippen LogP contribution in [0.5, 0.6) is 0 Å². The summed E-state index contributed by atoms with van der Waals surface area (Å²) >= 11 is 1.53. The number of nitro benzene ring substituents is 1. The Kier molecular flexibility index (Phi) is 8.44. The largest absolute Gasteiger partial charge is 0.379 e. The number of morpholine rings is 1. The van der Waals surface area contributed by atoms with E-state index in [4.69, 9.17) is 4.74 Å². The Bertz CT molecular complexity index is 1110. The maximum atomic E-state index is 13.6. The zero-order valence-electron chi connectivity index (χ0n) is 20.5. The zero-order valence-corrected chi connectivity index (χ0v) is 21.4. The first-order chi connectivity index (χ1) is 17.3. The lowest BCUT2D eigenvalue weighted by molar-refractivity contribution is -0.385. The normalized spacial score (nSPS) is 18.4. The monoisotopic (exact) mass is 513 g/mol. The Hall–Kier alpha value is -3.15. The van der Waals surface area contributed by atoms with Crippen LogP contribution in [-0.2, 0) is 14.3 Å². The lowest BCUT2D eigenvalue weighted by Crippen LogP contribution is -2.47. The summed E-state index contributed by atoms with van der Waals surface area (Å²) in [6.45, 7) is 7.56. The van der Waals surface area contributed by atoms with Crippen molar-refractivity contribution >= 4 is 34.6 Å². The zero-order chi connectivity index (χ0) is 25.7. The van der Waals surface area contributed by atoms with E-state index in [2.05, 4.69) is 10.0 Å². The predicted octanol–water partition coefficient (Wildman–Crippen LogP) is 3.15. The van der Waals surface area contributed by atoms with Crippen LogP contribution in [-0.4, -0.2) is 83.2 Å². The van der Waals surface area contributed by atoms with Crippen LogP contribution in [0.4, 0.5) is 5.69 Å². The van der Waals surface area contributed by atoms with Crippen LogP contribution < -0.4 is 0 Å². The number of thiophene rings is 1. The van der Waals surface area contributed by atoms with Gasteiger partial charge < -0.3 is 9.64 Å². The van der Waals surface area contributed by atoms with Crippen molar-refractivity contribution < 1.29 is 19.2 Å². The molecule has 0 N–H and O–H groups in total. The Morgan fingerprint density at radius 1 is 1.25 bits per heavy atom. The van der Waals surface area contributed by atoms with E-state index in [0.29, 0.717) is 38.3 Å². The summed E-state index contributed by atoms with van der Waals surface area (Å²) in [6.07, 6.45) is 0.444.